The van der Waals surface area contributed by atoms with E-state index >= 15 is 0 Å². The van der Waals surface area contributed by atoms with Crippen LogP contribution in [0.15, 0.2) is 60.7 Å². The topological polar surface area (TPSA) is 35.5 Å². The highest BCUT2D eigenvalue weighted by molar-refractivity contribution is 5.78. The van der Waals surface area contributed by atoms with E-state index in [1.807, 2.05) is 60.7 Å². The molecular formula is C21H26O3. The third-order valence-electron chi connectivity index (χ3n) is 3.72. The van der Waals surface area contributed by atoms with Gasteiger partial charge in [-0.2, -0.15) is 0 Å². The second kappa shape index (κ2) is 11.3. The van der Waals surface area contributed by atoms with Crippen LogP contribution in [0.4, 0.5) is 0 Å². The Kier molecular flexibility index (Phi) is 8.48. The summed E-state index contributed by atoms with van der Waals surface area (Å²) in [4.78, 5) is 11.8. The highest BCUT2D eigenvalue weighted by Crippen LogP contribution is 2.11. The maximum Gasteiger partial charge on any atom is 0.132 e. The Morgan fingerprint density at radius 2 is 1.04 bits per heavy atom. The molecule has 0 spiro atoms. The van der Waals surface area contributed by atoms with E-state index in [9.17, 15) is 4.79 Å². The average molecular weight is 326 g/mol. The first-order valence-electron chi connectivity index (χ1n) is 8.72. The van der Waals surface area contributed by atoms with Crippen molar-refractivity contribution in [3.8, 4) is 11.5 Å². The van der Waals surface area contributed by atoms with Crippen molar-refractivity contribution >= 4 is 5.78 Å². The third-order valence-corrected chi connectivity index (χ3v) is 3.72. The number of hydrogen-bond acceptors (Lipinski definition) is 3. The van der Waals surface area contributed by atoms with Crippen molar-refractivity contribution in [1.29, 1.82) is 0 Å². The van der Waals surface area contributed by atoms with Crippen LogP contribution in [0.25, 0.3) is 0 Å². The number of benzene rings is 2. The lowest BCUT2D eigenvalue weighted by Gasteiger charge is -2.06. The van der Waals surface area contributed by atoms with Crippen molar-refractivity contribution in [2.45, 2.75) is 38.5 Å². The third kappa shape index (κ3) is 7.82. The van der Waals surface area contributed by atoms with Gasteiger partial charge in [-0.05, 0) is 49.9 Å². The zero-order chi connectivity index (χ0) is 16.9. The van der Waals surface area contributed by atoms with Crippen molar-refractivity contribution in [3.05, 3.63) is 60.7 Å². The summed E-state index contributed by atoms with van der Waals surface area (Å²) in [5.41, 5.74) is 0. The average Bonchev–Trinajstić information content (AvgIpc) is 2.63. The Bertz CT molecular complexity index is 515. The van der Waals surface area contributed by atoms with E-state index in [1.54, 1.807) is 0 Å². The van der Waals surface area contributed by atoms with Gasteiger partial charge in [-0.3, -0.25) is 4.79 Å². The summed E-state index contributed by atoms with van der Waals surface area (Å²) in [6.45, 7) is 1.34. The zero-order valence-electron chi connectivity index (χ0n) is 14.2. The van der Waals surface area contributed by atoms with Gasteiger partial charge in [0, 0.05) is 12.8 Å². The minimum atomic E-state index is 0.342. The van der Waals surface area contributed by atoms with Crippen LogP contribution in [0, 0.1) is 0 Å². The van der Waals surface area contributed by atoms with Gasteiger partial charge >= 0.3 is 0 Å². The van der Waals surface area contributed by atoms with E-state index in [-0.39, 0.29) is 0 Å². The maximum absolute atomic E-state index is 11.8. The maximum atomic E-state index is 11.8. The molecule has 3 nitrogen and oxygen atoms in total. The summed E-state index contributed by atoms with van der Waals surface area (Å²) in [5, 5.41) is 0. The SMILES string of the molecule is O=C(CCCCOc1ccccc1)CCCCOc1ccccc1. The molecule has 24 heavy (non-hydrogen) atoms. The van der Waals surface area contributed by atoms with Crippen molar-refractivity contribution < 1.29 is 14.3 Å². The molecule has 0 aliphatic rings. The number of rotatable bonds is 12. The van der Waals surface area contributed by atoms with Crippen LogP contribution in [-0.2, 0) is 4.79 Å². The largest absolute Gasteiger partial charge is 0.494 e. The monoisotopic (exact) mass is 326 g/mol. The number of hydrogen-bond donors (Lipinski definition) is 0. The van der Waals surface area contributed by atoms with E-state index in [2.05, 4.69) is 0 Å². The van der Waals surface area contributed by atoms with Gasteiger partial charge in [-0.15, -0.1) is 0 Å². The van der Waals surface area contributed by atoms with Crippen molar-refractivity contribution in [3.63, 3.8) is 0 Å². The van der Waals surface area contributed by atoms with Crippen LogP contribution in [0.5, 0.6) is 11.5 Å². The van der Waals surface area contributed by atoms with Crippen molar-refractivity contribution in [2.24, 2.45) is 0 Å². The van der Waals surface area contributed by atoms with Crippen LogP contribution >= 0.6 is 0 Å². The van der Waals surface area contributed by atoms with Crippen LogP contribution in [-0.4, -0.2) is 19.0 Å². The number of carbonyl (C=O) groups excluding carboxylic acids is 1. The lowest BCUT2D eigenvalue weighted by Crippen LogP contribution is -2.03. The van der Waals surface area contributed by atoms with Gasteiger partial charge in [-0.25, -0.2) is 0 Å². The molecule has 0 aliphatic carbocycles. The Morgan fingerprint density at radius 1 is 0.625 bits per heavy atom. The van der Waals surface area contributed by atoms with E-state index in [4.69, 9.17) is 9.47 Å². The van der Waals surface area contributed by atoms with E-state index in [1.165, 1.54) is 0 Å². The van der Waals surface area contributed by atoms with Gasteiger partial charge in [0.15, 0.2) is 0 Å². The van der Waals surface area contributed by atoms with Gasteiger partial charge in [-0.1, -0.05) is 36.4 Å². The van der Waals surface area contributed by atoms with Gasteiger partial charge in [0.1, 0.15) is 17.3 Å². The van der Waals surface area contributed by atoms with E-state index in [0.717, 1.165) is 37.2 Å². The van der Waals surface area contributed by atoms with Crippen molar-refractivity contribution in [1.82, 2.24) is 0 Å². The molecule has 128 valence electrons. The highest BCUT2D eigenvalue weighted by atomic mass is 16.5. The molecule has 0 aromatic heterocycles. The van der Waals surface area contributed by atoms with E-state index < -0.39 is 0 Å². The molecule has 0 N–H and O–H groups in total. The Morgan fingerprint density at radius 3 is 1.46 bits per heavy atom. The Hall–Kier alpha value is -2.29. The molecule has 0 radical (unpaired) electrons. The second-order valence-electron chi connectivity index (χ2n) is 5.78. The summed E-state index contributed by atoms with van der Waals surface area (Å²) in [5.74, 6) is 2.12. The van der Waals surface area contributed by atoms with Gasteiger partial charge in [0.25, 0.3) is 0 Å². The molecular weight excluding hydrogens is 300 g/mol. The molecule has 2 aromatic carbocycles. The number of Topliss-reactive ketones (excluding diaryl/α,β-unsaturated/α-hetero) is 1. The van der Waals surface area contributed by atoms with Gasteiger partial charge in [0.2, 0.25) is 0 Å². The fourth-order valence-electron chi connectivity index (χ4n) is 2.39. The first-order chi connectivity index (χ1) is 11.8. The van der Waals surface area contributed by atoms with Crippen LogP contribution in [0.3, 0.4) is 0 Å². The predicted molar refractivity (Wildman–Crippen MR) is 96.6 cm³/mol. The number of ketones is 1. The molecule has 0 saturated carbocycles. The second-order valence-corrected chi connectivity index (χ2v) is 5.78. The minimum Gasteiger partial charge on any atom is -0.494 e. The molecule has 0 amide bonds. The molecule has 0 bridgehead atoms. The lowest BCUT2D eigenvalue weighted by molar-refractivity contribution is -0.119. The highest BCUT2D eigenvalue weighted by Gasteiger charge is 2.02. The van der Waals surface area contributed by atoms with Crippen LogP contribution in [0.2, 0.25) is 0 Å². The smallest absolute Gasteiger partial charge is 0.132 e. The standard InChI is InChI=1S/C21H26O3/c22-19(11-7-9-17-23-20-13-3-1-4-14-20)12-8-10-18-24-21-15-5-2-6-16-21/h1-6,13-16H,7-12,17-18H2. The summed E-state index contributed by atoms with van der Waals surface area (Å²) < 4.78 is 11.2. The molecule has 0 atom stereocenters. The molecule has 0 heterocycles. The zero-order valence-corrected chi connectivity index (χ0v) is 14.2. The van der Waals surface area contributed by atoms with Crippen LogP contribution in [0.1, 0.15) is 38.5 Å². The molecule has 0 fully saturated rings. The quantitative estimate of drug-likeness (QED) is 0.512. The van der Waals surface area contributed by atoms with Gasteiger partial charge < -0.3 is 9.47 Å². The first kappa shape index (κ1) is 18.1. The number of para-hydroxylation sites is 2. The lowest BCUT2D eigenvalue weighted by atomic mass is 10.1. The molecule has 2 rings (SSSR count). The number of unbranched alkanes of at least 4 members (excludes halogenated alkanes) is 2. The molecule has 2 aromatic rings. The van der Waals surface area contributed by atoms with E-state index in [0.29, 0.717) is 31.8 Å². The van der Waals surface area contributed by atoms with Gasteiger partial charge in [0.05, 0.1) is 13.2 Å². The molecule has 3 heteroatoms. The number of carbonyl (C=O) groups is 1. The predicted octanol–water partition coefficient (Wildman–Crippen LogP) is 5.05. The summed E-state index contributed by atoms with van der Waals surface area (Å²) in [6, 6.07) is 19.6. The summed E-state index contributed by atoms with van der Waals surface area (Å²) in [6.07, 6.45) is 4.92. The fraction of sp³-hybridized carbons (Fsp3) is 0.381. The summed E-state index contributed by atoms with van der Waals surface area (Å²) >= 11 is 0. The normalized spacial score (nSPS) is 10.3. The van der Waals surface area contributed by atoms with Crippen molar-refractivity contribution in [2.75, 3.05) is 13.2 Å². The minimum absolute atomic E-state index is 0.342. The molecule has 0 unspecified atom stereocenters. The number of ether oxygens (including phenoxy) is 2. The Labute approximate surface area is 144 Å². The molecule has 0 aliphatic heterocycles. The Balaban J connectivity index is 1.42. The molecule has 0 saturated heterocycles. The summed E-state index contributed by atoms with van der Waals surface area (Å²) in [7, 11) is 0. The first-order valence-corrected chi connectivity index (χ1v) is 8.72. The van der Waals surface area contributed by atoms with Crippen LogP contribution < -0.4 is 9.47 Å². The fourth-order valence-corrected chi connectivity index (χ4v) is 2.39.